The van der Waals surface area contributed by atoms with Crippen molar-refractivity contribution >= 4 is 17.3 Å². The highest BCUT2D eigenvalue weighted by molar-refractivity contribution is 6.01. The van der Waals surface area contributed by atoms with Gasteiger partial charge in [-0.1, -0.05) is 6.07 Å². The van der Waals surface area contributed by atoms with Crippen LogP contribution in [0.25, 0.3) is 0 Å². The van der Waals surface area contributed by atoms with E-state index in [0.29, 0.717) is 0 Å². The molecule has 2 N–H and O–H groups in total. The molecule has 2 aliphatic rings. The van der Waals surface area contributed by atoms with E-state index < -0.39 is 5.60 Å². The molecular formula is C14H19N3O2. The number of ether oxygens (including phenoxy) is 1. The van der Waals surface area contributed by atoms with Crippen molar-refractivity contribution in [2.24, 2.45) is 0 Å². The van der Waals surface area contributed by atoms with Crippen LogP contribution >= 0.6 is 0 Å². The van der Waals surface area contributed by atoms with Crippen LogP contribution in [0.5, 0.6) is 5.75 Å². The van der Waals surface area contributed by atoms with Gasteiger partial charge in [-0.2, -0.15) is 0 Å². The lowest BCUT2D eigenvalue weighted by Gasteiger charge is -2.36. The average molecular weight is 261 g/mol. The first-order chi connectivity index (χ1) is 9.08. The molecule has 2 aliphatic heterocycles. The lowest BCUT2D eigenvalue weighted by Crippen LogP contribution is -2.47. The third-order valence-corrected chi connectivity index (χ3v) is 3.60. The lowest BCUT2D eigenvalue weighted by atomic mass is 10.1. The van der Waals surface area contributed by atoms with E-state index in [1.54, 1.807) is 13.8 Å². The molecule has 0 radical (unpaired) electrons. The van der Waals surface area contributed by atoms with Crippen molar-refractivity contribution in [2.45, 2.75) is 19.4 Å². The first kappa shape index (κ1) is 12.3. The molecule has 0 atom stereocenters. The summed E-state index contributed by atoms with van der Waals surface area (Å²) in [5, 5.41) is 6.26. The summed E-state index contributed by atoms with van der Waals surface area (Å²) in [5.41, 5.74) is 1.00. The van der Waals surface area contributed by atoms with Crippen LogP contribution in [0.2, 0.25) is 0 Å². The van der Waals surface area contributed by atoms with E-state index in [0.717, 1.165) is 43.3 Å². The largest absolute Gasteiger partial charge is 0.474 e. The van der Waals surface area contributed by atoms with Gasteiger partial charge in [0.2, 0.25) is 0 Å². The van der Waals surface area contributed by atoms with E-state index in [1.165, 1.54) is 0 Å². The zero-order valence-electron chi connectivity index (χ0n) is 11.3. The highest BCUT2D eigenvalue weighted by atomic mass is 16.5. The van der Waals surface area contributed by atoms with Crippen molar-refractivity contribution in [3.63, 3.8) is 0 Å². The van der Waals surface area contributed by atoms with Crippen molar-refractivity contribution in [3.05, 3.63) is 18.2 Å². The summed E-state index contributed by atoms with van der Waals surface area (Å²) >= 11 is 0. The van der Waals surface area contributed by atoms with E-state index in [2.05, 4.69) is 21.6 Å². The molecule has 3 rings (SSSR count). The number of hydrogen-bond acceptors (Lipinski definition) is 4. The number of rotatable bonds is 1. The number of para-hydroxylation sites is 1. The van der Waals surface area contributed by atoms with Gasteiger partial charge >= 0.3 is 0 Å². The number of piperazine rings is 1. The maximum atomic E-state index is 11.9. The molecule has 0 saturated carbocycles. The Balaban J connectivity index is 1.99. The molecule has 19 heavy (non-hydrogen) atoms. The molecule has 0 bridgehead atoms. The topological polar surface area (TPSA) is 53.6 Å². The van der Waals surface area contributed by atoms with E-state index >= 15 is 0 Å². The van der Waals surface area contributed by atoms with Gasteiger partial charge in [-0.25, -0.2) is 0 Å². The fraction of sp³-hybridized carbons (Fsp3) is 0.500. The molecule has 1 amide bonds. The molecule has 0 aliphatic carbocycles. The Hall–Kier alpha value is -1.75. The highest BCUT2D eigenvalue weighted by Gasteiger charge is 2.37. The van der Waals surface area contributed by atoms with Crippen molar-refractivity contribution in [1.29, 1.82) is 0 Å². The van der Waals surface area contributed by atoms with Gasteiger partial charge < -0.3 is 20.3 Å². The average Bonchev–Trinajstić information content (AvgIpc) is 2.40. The van der Waals surface area contributed by atoms with Crippen LogP contribution in [0, 0.1) is 0 Å². The second-order valence-corrected chi connectivity index (χ2v) is 5.46. The quantitative estimate of drug-likeness (QED) is 0.798. The SMILES string of the molecule is CC1(C)Oc2c(cccc2N2CCNCC2)NC1=O. The normalized spacial score (nSPS) is 21.4. The minimum absolute atomic E-state index is 0.0996. The van der Waals surface area contributed by atoms with Crippen LogP contribution in [0.3, 0.4) is 0 Å². The maximum Gasteiger partial charge on any atom is 0.268 e. The molecule has 1 aromatic carbocycles. The van der Waals surface area contributed by atoms with Gasteiger partial charge in [-0.3, -0.25) is 4.79 Å². The van der Waals surface area contributed by atoms with Gasteiger partial charge in [0.1, 0.15) is 0 Å². The number of amides is 1. The smallest absolute Gasteiger partial charge is 0.268 e. The van der Waals surface area contributed by atoms with Crippen LogP contribution in [-0.2, 0) is 4.79 Å². The molecule has 5 heteroatoms. The zero-order valence-corrected chi connectivity index (χ0v) is 11.3. The fourth-order valence-corrected chi connectivity index (χ4v) is 2.46. The number of anilines is 2. The Morgan fingerprint density at radius 3 is 2.74 bits per heavy atom. The lowest BCUT2D eigenvalue weighted by molar-refractivity contribution is -0.129. The maximum absolute atomic E-state index is 11.9. The molecule has 2 heterocycles. The van der Waals surface area contributed by atoms with Crippen LogP contribution in [0.4, 0.5) is 11.4 Å². The van der Waals surface area contributed by atoms with Crippen LogP contribution < -0.4 is 20.3 Å². The first-order valence-electron chi connectivity index (χ1n) is 6.67. The summed E-state index contributed by atoms with van der Waals surface area (Å²) in [6.07, 6.45) is 0. The van der Waals surface area contributed by atoms with Crippen LogP contribution in [0.1, 0.15) is 13.8 Å². The summed E-state index contributed by atoms with van der Waals surface area (Å²) in [6, 6.07) is 5.89. The number of hydrogen-bond donors (Lipinski definition) is 2. The predicted octanol–water partition coefficient (Wildman–Crippen LogP) is 1.21. The number of benzene rings is 1. The summed E-state index contributed by atoms with van der Waals surface area (Å²) in [4.78, 5) is 14.2. The second kappa shape index (κ2) is 4.42. The third-order valence-electron chi connectivity index (χ3n) is 3.60. The molecule has 0 spiro atoms. The Morgan fingerprint density at radius 2 is 2.00 bits per heavy atom. The number of nitrogens with zero attached hydrogens (tertiary/aromatic N) is 1. The number of fused-ring (bicyclic) bond motifs is 1. The Labute approximate surface area is 112 Å². The highest BCUT2D eigenvalue weighted by Crippen LogP contribution is 2.41. The fourth-order valence-electron chi connectivity index (χ4n) is 2.46. The molecule has 102 valence electrons. The number of carbonyl (C=O) groups excluding carboxylic acids is 1. The molecule has 0 unspecified atom stereocenters. The van der Waals surface area contributed by atoms with Crippen molar-refractivity contribution in [1.82, 2.24) is 5.32 Å². The molecule has 1 fully saturated rings. The van der Waals surface area contributed by atoms with Gasteiger partial charge in [0.15, 0.2) is 11.4 Å². The molecule has 1 aromatic rings. The van der Waals surface area contributed by atoms with Gasteiger partial charge in [-0.15, -0.1) is 0 Å². The summed E-state index contributed by atoms with van der Waals surface area (Å²) in [6.45, 7) is 7.43. The molecule has 5 nitrogen and oxygen atoms in total. The van der Waals surface area contributed by atoms with E-state index in [-0.39, 0.29) is 5.91 Å². The Bertz CT molecular complexity index is 507. The van der Waals surface area contributed by atoms with Gasteiger partial charge in [-0.05, 0) is 26.0 Å². The number of nitrogens with one attached hydrogen (secondary N) is 2. The van der Waals surface area contributed by atoms with E-state index in [4.69, 9.17) is 4.74 Å². The Kier molecular flexibility index (Phi) is 2.86. The summed E-state index contributed by atoms with van der Waals surface area (Å²) in [7, 11) is 0. The minimum Gasteiger partial charge on any atom is -0.474 e. The minimum atomic E-state index is -0.822. The number of carbonyl (C=O) groups is 1. The molecule has 1 saturated heterocycles. The van der Waals surface area contributed by atoms with Gasteiger partial charge in [0.25, 0.3) is 5.91 Å². The summed E-state index contributed by atoms with van der Waals surface area (Å²) < 4.78 is 5.94. The van der Waals surface area contributed by atoms with Crippen LogP contribution in [-0.4, -0.2) is 37.7 Å². The molecule has 0 aromatic heterocycles. The van der Waals surface area contributed by atoms with E-state index in [1.807, 2.05) is 12.1 Å². The van der Waals surface area contributed by atoms with Crippen molar-refractivity contribution in [3.8, 4) is 5.75 Å². The van der Waals surface area contributed by atoms with E-state index in [9.17, 15) is 4.79 Å². The Morgan fingerprint density at radius 1 is 1.26 bits per heavy atom. The standard InChI is InChI=1S/C14H19N3O2/c1-14(2)13(18)16-10-4-3-5-11(12(10)19-14)17-8-6-15-7-9-17/h3-5,15H,6-9H2,1-2H3,(H,16,18). The third kappa shape index (κ3) is 2.14. The first-order valence-corrected chi connectivity index (χ1v) is 6.67. The van der Waals surface area contributed by atoms with Crippen molar-refractivity contribution < 1.29 is 9.53 Å². The van der Waals surface area contributed by atoms with Crippen molar-refractivity contribution in [2.75, 3.05) is 36.4 Å². The zero-order chi connectivity index (χ0) is 13.5. The monoisotopic (exact) mass is 261 g/mol. The molecular weight excluding hydrogens is 242 g/mol. The second-order valence-electron chi connectivity index (χ2n) is 5.46. The van der Waals surface area contributed by atoms with Gasteiger partial charge in [0.05, 0.1) is 11.4 Å². The summed E-state index contributed by atoms with van der Waals surface area (Å²) in [5.74, 6) is 0.687. The van der Waals surface area contributed by atoms with Gasteiger partial charge in [0, 0.05) is 26.2 Å². The van der Waals surface area contributed by atoms with Crippen LogP contribution in [0.15, 0.2) is 18.2 Å². The predicted molar refractivity (Wildman–Crippen MR) is 74.9 cm³/mol.